The Bertz CT molecular complexity index is 4990. The van der Waals surface area contributed by atoms with E-state index in [-0.39, 0.29) is 87.5 Å². The highest BCUT2D eigenvalue weighted by Crippen LogP contribution is 2.39. The maximum Gasteiger partial charge on any atom is 0.497 e. The molecule has 11 aromatic rings. The summed E-state index contributed by atoms with van der Waals surface area (Å²) in [7, 11) is 18.8. The molecule has 0 amide bonds. The van der Waals surface area contributed by atoms with Gasteiger partial charge in [0, 0.05) is 112 Å². The molecule has 1 aliphatic heterocycles. The Morgan fingerprint density at radius 3 is 1.37 bits per heavy atom. The SMILES string of the molecule is CN(C)c1cc(-c2nc(-c3ccnc(N)c3F)ccc2O)nc(N)n1.CNC.COc1ccc(-c2ccnc(N)c2F)nc1-c1cc(N(C)C)nc(N)n1.COc1ccc(Br)cc1-c1cc(=O)[nH]c(N)n1.COc1ccc(Br)nc1-c1cc(N(C)C)nc(N)n1.Cc1nccc(B2OC(C)(C)C(C)(C)O2)c1F.Cl. The number of hydrogen-bond donors (Lipinski definition) is 9. The van der Waals surface area contributed by atoms with Crippen molar-refractivity contribution in [2.45, 2.75) is 45.8 Å². The van der Waals surface area contributed by atoms with Gasteiger partial charge in [-0.05, 0) is 137 Å². The molecule has 38 heteroatoms. The Hall–Kier alpha value is -11.4. The van der Waals surface area contributed by atoms with E-state index < -0.39 is 30.0 Å². The second-order valence-corrected chi connectivity index (χ2v) is 26.2. The normalized spacial score (nSPS) is 12.1. The molecule has 1 aliphatic rings. The topological polar surface area (TPSA) is 445 Å². The van der Waals surface area contributed by atoms with E-state index in [0.29, 0.717) is 95.9 Å². The van der Waals surface area contributed by atoms with Gasteiger partial charge in [0.1, 0.15) is 85.0 Å². The highest BCUT2D eigenvalue weighted by Gasteiger charge is 2.52. The van der Waals surface area contributed by atoms with E-state index in [4.69, 9.17) is 57.9 Å². The molecule has 31 nitrogen and oxygen atoms in total. The molecule has 0 spiro atoms. The van der Waals surface area contributed by atoms with Crippen LogP contribution >= 0.6 is 44.3 Å². The van der Waals surface area contributed by atoms with E-state index in [9.17, 15) is 23.1 Å². The van der Waals surface area contributed by atoms with Crippen LogP contribution in [0.25, 0.3) is 67.9 Å². The lowest BCUT2D eigenvalue weighted by atomic mass is 9.79. The van der Waals surface area contributed by atoms with Gasteiger partial charge in [-0.25, -0.2) is 58.0 Å². The number of benzene rings is 1. The average molecular weight is 1640 g/mol. The molecule has 10 aromatic heterocycles. The van der Waals surface area contributed by atoms with E-state index in [0.717, 1.165) is 4.47 Å². The minimum Gasteiger partial charge on any atom is -0.506 e. The number of rotatable bonds is 13. The quantitative estimate of drug-likeness (QED) is 0.0383. The molecule has 12 rings (SSSR count). The van der Waals surface area contributed by atoms with Crippen molar-refractivity contribution in [2.24, 2.45) is 0 Å². The number of ether oxygens (including phenoxy) is 3. The highest BCUT2D eigenvalue weighted by molar-refractivity contribution is 9.10. The number of halogens is 6. The minimum atomic E-state index is -0.678. The Labute approximate surface area is 644 Å². The van der Waals surface area contributed by atoms with Crippen molar-refractivity contribution in [3.8, 4) is 90.9 Å². The van der Waals surface area contributed by atoms with Crippen LogP contribution in [0.15, 0.2) is 130 Å². The van der Waals surface area contributed by atoms with Gasteiger partial charge in [0.15, 0.2) is 23.3 Å². The van der Waals surface area contributed by atoms with Crippen LogP contribution in [0.5, 0.6) is 23.0 Å². The Morgan fingerprint density at radius 1 is 0.500 bits per heavy atom. The van der Waals surface area contributed by atoms with Gasteiger partial charge in [-0.1, -0.05) is 15.9 Å². The lowest BCUT2D eigenvalue weighted by Crippen LogP contribution is -2.41. The van der Waals surface area contributed by atoms with Crippen LogP contribution in [0.1, 0.15) is 33.4 Å². The van der Waals surface area contributed by atoms with Crippen molar-refractivity contribution in [3.05, 3.63) is 158 Å². The van der Waals surface area contributed by atoms with Crippen molar-refractivity contribution in [1.82, 2.24) is 75.1 Å². The van der Waals surface area contributed by atoms with Crippen LogP contribution in [0.3, 0.4) is 0 Å². The number of nitrogens with one attached hydrogen (secondary N) is 2. The van der Waals surface area contributed by atoms with Gasteiger partial charge >= 0.3 is 7.12 Å². The number of nitrogen functional groups attached to an aromatic ring is 6. The number of methoxy groups -OCH3 is 3. The first kappa shape index (κ1) is 85.6. The van der Waals surface area contributed by atoms with Gasteiger partial charge in [0.2, 0.25) is 23.8 Å². The minimum absolute atomic E-state index is 0. The fraction of sp³-hybridized carbons (Fsp3) is 0.257. The summed E-state index contributed by atoms with van der Waals surface area (Å²) in [6.07, 6.45) is 4.37. The van der Waals surface area contributed by atoms with E-state index in [1.165, 1.54) is 49.8 Å². The summed E-state index contributed by atoms with van der Waals surface area (Å²) in [6.45, 7) is 9.40. The van der Waals surface area contributed by atoms with E-state index >= 15 is 0 Å². The van der Waals surface area contributed by atoms with Crippen molar-refractivity contribution in [2.75, 3.05) is 127 Å². The molecule has 11 heterocycles. The fourth-order valence-corrected chi connectivity index (χ4v) is 10.1. The summed E-state index contributed by atoms with van der Waals surface area (Å²) in [4.78, 5) is 72.7. The molecule has 1 fully saturated rings. The van der Waals surface area contributed by atoms with Gasteiger partial charge in [-0.2, -0.15) is 15.0 Å². The van der Waals surface area contributed by atoms with Crippen LogP contribution in [0.2, 0.25) is 0 Å². The number of pyridine rings is 6. The molecule has 0 saturated carbocycles. The molecule has 1 aromatic carbocycles. The fourth-order valence-electron chi connectivity index (χ4n) is 9.45. The molecule has 0 unspecified atom stereocenters. The molecule has 0 bridgehead atoms. The molecule has 1 saturated heterocycles. The van der Waals surface area contributed by atoms with Gasteiger partial charge < -0.3 is 83.0 Å². The Balaban J connectivity index is 0.000000211. The van der Waals surface area contributed by atoms with Crippen LogP contribution < -0.4 is 79.7 Å². The van der Waals surface area contributed by atoms with Crippen LogP contribution in [0, 0.1) is 24.4 Å². The summed E-state index contributed by atoms with van der Waals surface area (Å²) >= 11 is 6.70. The molecule has 15 N–H and O–H groups in total. The number of hydrogen-bond acceptors (Lipinski definition) is 30. The predicted molar refractivity (Wildman–Crippen MR) is 426 cm³/mol. The zero-order valence-corrected chi connectivity index (χ0v) is 65.8. The summed E-state index contributed by atoms with van der Waals surface area (Å²) in [5, 5.41) is 12.9. The van der Waals surface area contributed by atoms with Crippen molar-refractivity contribution < 1.29 is 41.8 Å². The zero-order chi connectivity index (χ0) is 78.9. The molecule has 570 valence electrons. The number of aromatic nitrogens is 14. The highest BCUT2D eigenvalue weighted by atomic mass is 79.9. The number of aryl methyl sites for hydroxylation is 1. The number of H-pyrrole nitrogens is 1. The molecular formula is C70H83BBr2ClF3N24O7. The smallest absolute Gasteiger partial charge is 0.497 e. The Morgan fingerprint density at radius 2 is 0.917 bits per heavy atom. The monoisotopic (exact) mass is 1630 g/mol. The predicted octanol–water partition coefficient (Wildman–Crippen LogP) is 9.49. The third-order valence-corrected chi connectivity index (χ3v) is 16.4. The van der Waals surface area contributed by atoms with E-state index in [2.05, 4.69) is 107 Å². The third kappa shape index (κ3) is 21.7. The second-order valence-electron chi connectivity index (χ2n) is 24.5. The number of nitrogens with two attached hydrogens (primary N) is 6. The Kier molecular flexibility index (Phi) is 29.9. The first-order valence-electron chi connectivity index (χ1n) is 32.0. The van der Waals surface area contributed by atoms with Crippen molar-refractivity contribution in [3.63, 3.8) is 0 Å². The first-order chi connectivity index (χ1) is 50.5. The first-order valence-corrected chi connectivity index (χ1v) is 33.6. The number of aromatic hydroxyl groups is 1. The van der Waals surface area contributed by atoms with Crippen molar-refractivity contribution in [1.29, 1.82) is 0 Å². The number of nitrogens with zero attached hydrogens (tertiary/aromatic N) is 16. The molecule has 0 radical (unpaired) electrons. The zero-order valence-electron chi connectivity index (χ0n) is 61.9. The van der Waals surface area contributed by atoms with Crippen LogP contribution in [-0.4, -0.2) is 171 Å². The lowest BCUT2D eigenvalue weighted by Gasteiger charge is -2.32. The average Bonchev–Trinajstić information content (AvgIpc) is 1.60. The van der Waals surface area contributed by atoms with Gasteiger partial charge in [0.25, 0.3) is 5.56 Å². The second kappa shape index (κ2) is 37.7. The molecular weight excluding hydrogens is 1550 g/mol. The van der Waals surface area contributed by atoms with Crippen molar-refractivity contribution >= 4 is 110 Å². The summed E-state index contributed by atoms with van der Waals surface area (Å²) in [5.41, 5.74) is 38.2. The van der Waals surface area contributed by atoms with Crippen LogP contribution in [0.4, 0.5) is 66.1 Å². The summed E-state index contributed by atoms with van der Waals surface area (Å²) in [5.74, 6) is 1.82. The van der Waals surface area contributed by atoms with Crippen LogP contribution in [-0.2, 0) is 9.31 Å². The van der Waals surface area contributed by atoms with Gasteiger partial charge in [-0.3, -0.25) is 14.8 Å². The number of aromatic amines is 1. The molecule has 0 aliphatic carbocycles. The van der Waals surface area contributed by atoms with E-state index in [1.54, 1.807) is 93.7 Å². The van der Waals surface area contributed by atoms with Gasteiger partial charge in [0.05, 0.1) is 55.3 Å². The molecule has 108 heavy (non-hydrogen) atoms. The van der Waals surface area contributed by atoms with E-state index in [1.807, 2.05) is 99.1 Å². The molecule has 0 atom stereocenters. The third-order valence-electron chi connectivity index (χ3n) is 15.5. The summed E-state index contributed by atoms with van der Waals surface area (Å²) < 4.78 is 71.5. The maximum absolute atomic E-state index is 14.3. The number of anilines is 9. The lowest BCUT2D eigenvalue weighted by molar-refractivity contribution is 0.00578. The van der Waals surface area contributed by atoms with Gasteiger partial charge in [-0.15, -0.1) is 12.4 Å². The standard InChI is InChI=1S/C17H18FN7O.C16H16FN7O.C12H17BFNO2.C12H14BrN5O.C11H10BrN3O2.C2H7N.ClH/c1-25(2)13-8-11(23-17(20)24-13)15-12(26-3)5-4-10(22-15)9-6-7-21-16(19)14(9)18;1-24(2)12-7-10(22-16(19)23-12)14-11(25)4-3-9(21-14)8-5-6-20-15(18)13(8)17;1-8-10(14)9(6-7-15-8)13-16-11(2,3)12(4,5)17-13;1-18(2)10-6-7(15-12(14)17-10)11-8(19-3)4-5-9(13)16-11;1-17-9-3-2-6(12)4-7(9)8-5-10(16)15-11(13)14-8;1-3-2;/h4-8H,1-3H3,(H2,19,21)(H2,20,23,24);3-7,25H,1-2H3,(H2,18,20)(H2,19,22,23);6-7H,1-5H3;4-6H,1-3H3,(H2,14,15,17);2-5H,1H3,(H3,13,14,15,16);3H,1-2H3;1H. The summed E-state index contributed by atoms with van der Waals surface area (Å²) in [6, 6.07) is 26.4. The largest absolute Gasteiger partial charge is 0.506 e. The maximum atomic E-state index is 14.3.